The number of anilines is 1. The highest BCUT2D eigenvalue weighted by Crippen LogP contribution is 2.60. The molecule has 5 rings (SSSR count). The SMILES string of the molecule is CN1C(=O)C2(N=C1N)c1cc(Br)ccc1CC21CN(c2ncccn2)C1. The first kappa shape index (κ1) is 15.7. The van der Waals surface area contributed by atoms with E-state index in [2.05, 4.69) is 36.9 Å². The van der Waals surface area contributed by atoms with Crippen LogP contribution in [-0.2, 0) is 16.8 Å². The van der Waals surface area contributed by atoms with Crippen molar-refractivity contribution in [3.8, 4) is 0 Å². The molecule has 2 spiro atoms. The molecular weight excluding hydrogens is 396 g/mol. The second-order valence-corrected chi connectivity index (χ2v) is 8.12. The number of benzene rings is 1. The van der Waals surface area contributed by atoms with E-state index in [1.54, 1.807) is 25.5 Å². The van der Waals surface area contributed by atoms with Crippen LogP contribution in [0.2, 0.25) is 0 Å². The molecule has 1 atom stereocenters. The van der Waals surface area contributed by atoms with Crippen molar-refractivity contribution in [1.82, 2.24) is 14.9 Å². The number of aromatic nitrogens is 2. The van der Waals surface area contributed by atoms with E-state index in [-0.39, 0.29) is 17.3 Å². The molecular formula is C18H17BrN6O. The van der Waals surface area contributed by atoms with E-state index in [1.807, 2.05) is 12.1 Å². The summed E-state index contributed by atoms with van der Waals surface area (Å²) in [5.74, 6) is 0.901. The van der Waals surface area contributed by atoms with E-state index in [0.717, 1.165) is 22.0 Å². The number of halogens is 1. The monoisotopic (exact) mass is 412 g/mol. The molecule has 1 aromatic carbocycles. The number of guanidine groups is 1. The van der Waals surface area contributed by atoms with Crippen LogP contribution in [0.15, 0.2) is 46.1 Å². The third-order valence-electron chi connectivity index (χ3n) is 5.82. The zero-order valence-corrected chi connectivity index (χ0v) is 15.8. The Morgan fingerprint density at radius 3 is 2.62 bits per heavy atom. The van der Waals surface area contributed by atoms with Gasteiger partial charge in [-0.25, -0.2) is 15.0 Å². The maximum Gasteiger partial charge on any atom is 0.262 e. The summed E-state index contributed by atoms with van der Waals surface area (Å²) >= 11 is 3.54. The lowest BCUT2D eigenvalue weighted by molar-refractivity contribution is -0.136. The molecule has 26 heavy (non-hydrogen) atoms. The number of nitrogens with two attached hydrogens (primary N) is 1. The van der Waals surface area contributed by atoms with Gasteiger partial charge in [-0.3, -0.25) is 9.69 Å². The third-order valence-corrected chi connectivity index (χ3v) is 6.31. The number of rotatable bonds is 1. The average Bonchev–Trinajstić information content (AvgIpc) is 3.02. The van der Waals surface area contributed by atoms with E-state index < -0.39 is 5.54 Å². The zero-order valence-electron chi connectivity index (χ0n) is 14.2. The third kappa shape index (κ3) is 1.77. The lowest BCUT2D eigenvalue weighted by Crippen LogP contribution is -2.67. The first-order valence-electron chi connectivity index (χ1n) is 8.41. The number of likely N-dealkylation sites (N-methyl/N-ethyl adjacent to an activating group) is 1. The molecule has 1 saturated heterocycles. The molecule has 0 saturated carbocycles. The normalized spacial score (nSPS) is 25.6. The van der Waals surface area contributed by atoms with Gasteiger partial charge in [-0.1, -0.05) is 22.0 Å². The van der Waals surface area contributed by atoms with E-state index in [4.69, 9.17) is 10.7 Å². The van der Waals surface area contributed by atoms with Crippen molar-refractivity contribution in [3.05, 3.63) is 52.3 Å². The molecule has 1 aliphatic carbocycles. The molecule has 1 amide bonds. The molecule has 0 bridgehead atoms. The second kappa shape index (κ2) is 5.03. The smallest absolute Gasteiger partial charge is 0.262 e. The van der Waals surface area contributed by atoms with Crippen LogP contribution < -0.4 is 10.6 Å². The first-order chi connectivity index (χ1) is 12.5. The molecule has 1 unspecified atom stereocenters. The summed E-state index contributed by atoms with van der Waals surface area (Å²) in [5.41, 5.74) is 6.89. The Kier molecular flexibility index (Phi) is 3.05. The lowest BCUT2D eigenvalue weighted by Gasteiger charge is -2.53. The average molecular weight is 413 g/mol. The second-order valence-electron chi connectivity index (χ2n) is 7.21. The van der Waals surface area contributed by atoms with Gasteiger partial charge in [-0.15, -0.1) is 0 Å². The predicted octanol–water partition coefficient (Wildman–Crippen LogP) is 1.28. The van der Waals surface area contributed by atoms with Gasteiger partial charge in [-0.05, 0) is 35.7 Å². The van der Waals surface area contributed by atoms with Crippen LogP contribution >= 0.6 is 15.9 Å². The quantitative estimate of drug-likeness (QED) is 0.761. The van der Waals surface area contributed by atoms with E-state index in [0.29, 0.717) is 19.0 Å². The van der Waals surface area contributed by atoms with E-state index >= 15 is 0 Å². The van der Waals surface area contributed by atoms with Gasteiger partial charge in [0, 0.05) is 42.4 Å². The number of fused-ring (bicyclic) bond motifs is 3. The van der Waals surface area contributed by atoms with Crippen LogP contribution in [0.1, 0.15) is 11.1 Å². The molecule has 7 nitrogen and oxygen atoms in total. The zero-order chi connectivity index (χ0) is 18.1. The van der Waals surface area contributed by atoms with Crippen molar-refractivity contribution in [2.45, 2.75) is 12.0 Å². The molecule has 132 valence electrons. The number of nitrogens with zero attached hydrogens (tertiary/aromatic N) is 5. The topological polar surface area (TPSA) is 87.7 Å². The van der Waals surface area contributed by atoms with Gasteiger partial charge in [0.05, 0.1) is 0 Å². The standard InChI is InChI=1S/C18H17BrN6O/c1-24-14(26)18(23-15(24)20)13-7-12(19)4-3-11(13)8-17(18)9-25(10-17)16-21-5-2-6-22-16/h2-7H,8-10H2,1H3,(H2,20,23). The number of carbonyl (C=O) groups is 1. The maximum atomic E-state index is 13.3. The Balaban J connectivity index is 1.63. The fraction of sp³-hybridized carbons (Fsp3) is 0.333. The highest BCUT2D eigenvalue weighted by atomic mass is 79.9. The lowest BCUT2D eigenvalue weighted by atomic mass is 9.64. The molecule has 2 aromatic rings. The minimum atomic E-state index is -0.962. The fourth-order valence-electron chi connectivity index (χ4n) is 4.60. The van der Waals surface area contributed by atoms with Gasteiger partial charge in [-0.2, -0.15) is 0 Å². The Bertz CT molecular complexity index is 955. The van der Waals surface area contributed by atoms with Gasteiger partial charge in [0.2, 0.25) is 5.95 Å². The van der Waals surface area contributed by atoms with Crippen LogP contribution in [0.3, 0.4) is 0 Å². The molecule has 2 aliphatic heterocycles. The Hall–Kier alpha value is -2.48. The summed E-state index contributed by atoms with van der Waals surface area (Å²) in [6.07, 6.45) is 4.25. The Labute approximate surface area is 159 Å². The van der Waals surface area contributed by atoms with Crippen LogP contribution in [-0.4, -0.2) is 46.9 Å². The van der Waals surface area contributed by atoms with Gasteiger partial charge < -0.3 is 10.6 Å². The highest BCUT2D eigenvalue weighted by Gasteiger charge is 2.70. The number of hydrogen-bond donors (Lipinski definition) is 1. The van der Waals surface area contributed by atoms with Crippen molar-refractivity contribution in [2.75, 3.05) is 25.0 Å². The minimum Gasteiger partial charge on any atom is -0.369 e. The van der Waals surface area contributed by atoms with Gasteiger partial charge in [0.15, 0.2) is 11.5 Å². The largest absolute Gasteiger partial charge is 0.369 e. The van der Waals surface area contributed by atoms with Crippen molar-refractivity contribution in [1.29, 1.82) is 0 Å². The fourth-order valence-corrected chi connectivity index (χ4v) is 4.96. The maximum absolute atomic E-state index is 13.3. The van der Waals surface area contributed by atoms with Gasteiger partial charge in [0.1, 0.15) is 0 Å². The Morgan fingerprint density at radius 1 is 1.23 bits per heavy atom. The summed E-state index contributed by atoms with van der Waals surface area (Å²) in [5, 5.41) is 0. The van der Waals surface area contributed by atoms with Crippen LogP contribution in [0.5, 0.6) is 0 Å². The van der Waals surface area contributed by atoms with Crippen molar-refractivity contribution >= 4 is 33.7 Å². The van der Waals surface area contributed by atoms with Gasteiger partial charge >= 0.3 is 0 Å². The van der Waals surface area contributed by atoms with Crippen molar-refractivity contribution in [3.63, 3.8) is 0 Å². The molecule has 8 heteroatoms. The van der Waals surface area contributed by atoms with E-state index in [1.165, 1.54) is 4.90 Å². The summed E-state index contributed by atoms with van der Waals surface area (Å²) in [4.78, 5) is 30.3. The number of aliphatic imine (C=N–C) groups is 1. The summed E-state index contributed by atoms with van der Waals surface area (Å²) < 4.78 is 0.936. The molecule has 2 N–H and O–H groups in total. The van der Waals surface area contributed by atoms with Crippen molar-refractivity contribution in [2.24, 2.45) is 16.1 Å². The molecule has 0 radical (unpaired) electrons. The van der Waals surface area contributed by atoms with Crippen LogP contribution in [0.4, 0.5) is 5.95 Å². The van der Waals surface area contributed by atoms with E-state index in [9.17, 15) is 4.79 Å². The molecule has 3 heterocycles. The minimum absolute atomic E-state index is 0.0551. The summed E-state index contributed by atoms with van der Waals surface area (Å²) in [6.45, 7) is 1.33. The van der Waals surface area contributed by atoms with Crippen LogP contribution in [0, 0.1) is 5.41 Å². The molecule has 3 aliphatic rings. The summed E-state index contributed by atoms with van der Waals surface area (Å²) in [7, 11) is 1.69. The molecule has 1 fully saturated rings. The first-order valence-corrected chi connectivity index (χ1v) is 9.21. The predicted molar refractivity (Wildman–Crippen MR) is 101 cm³/mol. The summed E-state index contributed by atoms with van der Waals surface area (Å²) in [6, 6.07) is 7.90. The Morgan fingerprint density at radius 2 is 1.96 bits per heavy atom. The van der Waals surface area contributed by atoms with Gasteiger partial charge in [0.25, 0.3) is 5.91 Å². The van der Waals surface area contributed by atoms with Crippen molar-refractivity contribution < 1.29 is 4.79 Å². The van der Waals surface area contributed by atoms with Crippen LogP contribution in [0.25, 0.3) is 0 Å². The number of amides is 1. The highest BCUT2D eigenvalue weighted by molar-refractivity contribution is 9.10. The number of carbonyl (C=O) groups excluding carboxylic acids is 1. The molecule has 1 aromatic heterocycles. The number of hydrogen-bond acceptors (Lipinski definition) is 6.